The minimum absolute atomic E-state index is 0.0945. The monoisotopic (exact) mass is 339 g/mol. The number of non-ortho nitro benzene ring substituents is 1. The molecule has 25 heavy (non-hydrogen) atoms. The molecule has 2 aromatic carbocycles. The van der Waals surface area contributed by atoms with Gasteiger partial charge in [0.25, 0.3) is 11.2 Å². The summed E-state index contributed by atoms with van der Waals surface area (Å²) in [6.07, 6.45) is 1.85. The molecule has 128 valence electrons. The fourth-order valence-electron chi connectivity index (χ4n) is 2.69. The largest absolute Gasteiger partial charge is 0.391 e. The standard InChI is InChI=1S/C18H17N3O4/c22-15(8-6-13-4-2-1-3-5-13)11-20-12-19-17-9-7-14(21(24)25)10-16(17)18(20)23/h1-5,7,9-10,12,15,22H,6,8,11H2/t15-/m1/s1. The number of aliphatic hydroxyl groups excluding tert-OH is 1. The van der Waals surface area contributed by atoms with E-state index in [2.05, 4.69) is 4.98 Å². The third kappa shape index (κ3) is 3.89. The van der Waals surface area contributed by atoms with Gasteiger partial charge in [0.05, 0.1) is 34.8 Å². The molecule has 0 unspecified atom stereocenters. The number of benzene rings is 2. The van der Waals surface area contributed by atoms with E-state index in [0.29, 0.717) is 18.4 Å². The van der Waals surface area contributed by atoms with Gasteiger partial charge in [-0.05, 0) is 24.5 Å². The van der Waals surface area contributed by atoms with Crippen molar-refractivity contribution in [2.75, 3.05) is 0 Å². The van der Waals surface area contributed by atoms with Gasteiger partial charge in [0.15, 0.2) is 0 Å². The van der Waals surface area contributed by atoms with Crippen molar-refractivity contribution in [1.29, 1.82) is 0 Å². The summed E-state index contributed by atoms with van der Waals surface area (Å²) in [5.74, 6) is 0. The van der Waals surface area contributed by atoms with Gasteiger partial charge in [-0.1, -0.05) is 30.3 Å². The molecule has 0 aliphatic heterocycles. The molecule has 0 fully saturated rings. The molecule has 1 N–H and O–H groups in total. The first-order valence-electron chi connectivity index (χ1n) is 7.90. The van der Waals surface area contributed by atoms with Gasteiger partial charge in [0.1, 0.15) is 0 Å². The Balaban J connectivity index is 1.77. The van der Waals surface area contributed by atoms with Gasteiger partial charge < -0.3 is 5.11 Å². The van der Waals surface area contributed by atoms with Crippen LogP contribution in [0.2, 0.25) is 0 Å². The number of aliphatic hydroxyl groups is 1. The average Bonchev–Trinajstić information content (AvgIpc) is 2.63. The molecule has 0 bridgehead atoms. The summed E-state index contributed by atoms with van der Waals surface area (Å²) in [5.41, 5.74) is 0.952. The molecule has 0 amide bonds. The van der Waals surface area contributed by atoms with Gasteiger partial charge in [-0.25, -0.2) is 4.98 Å². The summed E-state index contributed by atoms with van der Waals surface area (Å²) >= 11 is 0. The van der Waals surface area contributed by atoms with Crippen molar-refractivity contribution in [2.24, 2.45) is 0 Å². The fourth-order valence-corrected chi connectivity index (χ4v) is 2.69. The fraction of sp³-hybridized carbons (Fsp3) is 0.222. The highest BCUT2D eigenvalue weighted by Gasteiger charge is 2.13. The van der Waals surface area contributed by atoms with Crippen molar-refractivity contribution >= 4 is 16.6 Å². The topological polar surface area (TPSA) is 98.3 Å². The van der Waals surface area contributed by atoms with E-state index in [4.69, 9.17) is 0 Å². The number of nitro benzene ring substituents is 1. The predicted octanol–water partition coefficient (Wildman–Crippen LogP) is 2.30. The molecule has 3 aromatic rings. The van der Waals surface area contributed by atoms with Crippen LogP contribution in [0, 0.1) is 10.1 Å². The molecular weight excluding hydrogens is 322 g/mol. The predicted molar refractivity (Wildman–Crippen MR) is 93.4 cm³/mol. The summed E-state index contributed by atoms with van der Waals surface area (Å²) in [6, 6.07) is 13.7. The zero-order valence-corrected chi connectivity index (χ0v) is 13.4. The smallest absolute Gasteiger partial charge is 0.270 e. The highest BCUT2D eigenvalue weighted by molar-refractivity contribution is 5.79. The Morgan fingerprint density at radius 2 is 1.96 bits per heavy atom. The molecule has 1 aromatic heterocycles. The van der Waals surface area contributed by atoms with Crippen molar-refractivity contribution in [2.45, 2.75) is 25.5 Å². The van der Waals surface area contributed by atoms with Gasteiger partial charge in [0, 0.05) is 12.1 Å². The first kappa shape index (κ1) is 16.8. The maximum absolute atomic E-state index is 12.5. The summed E-state index contributed by atoms with van der Waals surface area (Å²) < 4.78 is 1.29. The third-order valence-electron chi connectivity index (χ3n) is 4.03. The first-order valence-corrected chi connectivity index (χ1v) is 7.90. The highest BCUT2D eigenvalue weighted by Crippen LogP contribution is 2.16. The minimum Gasteiger partial charge on any atom is -0.391 e. The van der Waals surface area contributed by atoms with Crippen LogP contribution in [0.1, 0.15) is 12.0 Å². The van der Waals surface area contributed by atoms with Crippen LogP contribution in [0.5, 0.6) is 0 Å². The number of aromatic nitrogens is 2. The Morgan fingerprint density at radius 1 is 1.20 bits per heavy atom. The molecule has 0 radical (unpaired) electrons. The first-order chi connectivity index (χ1) is 12.0. The van der Waals surface area contributed by atoms with Gasteiger partial charge in [-0.3, -0.25) is 19.5 Å². The second-order valence-electron chi connectivity index (χ2n) is 5.84. The van der Waals surface area contributed by atoms with Crippen molar-refractivity contribution < 1.29 is 10.0 Å². The lowest BCUT2D eigenvalue weighted by atomic mass is 10.1. The van der Waals surface area contributed by atoms with Gasteiger partial charge in [-0.15, -0.1) is 0 Å². The van der Waals surface area contributed by atoms with Crippen LogP contribution in [-0.4, -0.2) is 25.7 Å². The van der Waals surface area contributed by atoms with Crippen LogP contribution in [0.3, 0.4) is 0 Å². The van der Waals surface area contributed by atoms with E-state index in [1.165, 1.54) is 29.1 Å². The number of nitro groups is 1. The normalized spacial score (nSPS) is 12.2. The van der Waals surface area contributed by atoms with Crippen LogP contribution in [0.25, 0.3) is 10.9 Å². The number of rotatable bonds is 6. The lowest BCUT2D eigenvalue weighted by molar-refractivity contribution is -0.384. The second kappa shape index (κ2) is 7.23. The van der Waals surface area contributed by atoms with Crippen molar-refractivity contribution in [1.82, 2.24) is 9.55 Å². The van der Waals surface area contributed by atoms with Gasteiger partial charge >= 0.3 is 0 Å². The third-order valence-corrected chi connectivity index (χ3v) is 4.03. The Hall–Kier alpha value is -3.06. The molecular formula is C18H17N3O4. The van der Waals surface area contributed by atoms with Crippen LogP contribution >= 0.6 is 0 Å². The van der Waals surface area contributed by atoms with E-state index >= 15 is 0 Å². The molecule has 0 aliphatic rings. The Morgan fingerprint density at radius 3 is 2.68 bits per heavy atom. The molecule has 1 heterocycles. The molecule has 7 heteroatoms. The maximum atomic E-state index is 12.5. The lowest BCUT2D eigenvalue weighted by Gasteiger charge is -2.13. The minimum atomic E-state index is -0.712. The highest BCUT2D eigenvalue weighted by atomic mass is 16.6. The SMILES string of the molecule is O=c1c2cc([N+](=O)[O-])ccc2ncn1C[C@H](O)CCc1ccccc1. The zero-order valence-electron chi connectivity index (χ0n) is 13.4. The van der Waals surface area contributed by atoms with E-state index < -0.39 is 16.6 Å². The molecule has 1 atom stereocenters. The summed E-state index contributed by atoms with van der Waals surface area (Å²) in [5, 5.41) is 21.3. The quantitative estimate of drug-likeness (QED) is 0.549. The molecule has 0 spiro atoms. The molecule has 7 nitrogen and oxygen atoms in total. The number of fused-ring (bicyclic) bond motifs is 1. The van der Waals surface area contributed by atoms with Crippen LogP contribution < -0.4 is 5.56 Å². The van der Waals surface area contributed by atoms with Gasteiger partial charge in [-0.2, -0.15) is 0 Å². The maximum Gasteiger partial charge on any atom is 0.270 e. The Bertz CT molecular complexity index is 953. The van der Waals surface area contributed by atoms with E-state index in [-0.39, 0.29) is 17.6 Å². The summed E-state index contributed by atoms with van der Waals surface area (Å²) in [7, 11) is 0. The number of nitrogens with zero attached hydrogens (tertiary/aromatic N) is 3. The average molecular weight is 339 g/mol. The van der Waals surface area contributed by atoms with Crippen molar-refractivity contribution in [3.63, 3.8) is 0 Å². The number of aryl methyl sites for hydroxylation is 1. The van der Waals surface area contributed by atoms with Crippen molar-refractivity contribution in [3.8, 4) is 0 Å². The molecule has 0 aliphatic carbocycles. The lowest BCUT2D eigenvalue weighted by Crippen LogP contribution is -2.27. The van der Waals surface area contributed by atoms with E-state index in [9.17, 15) is 20.0 Å². The van der Waals surface area contributed by atoms with E-state index in [1.807, 2.05) is 30.3 Å². The van der Waals surface area contributed by atoms with Gasteiger partial charge in [0.2, 0.25) is 0 Å². The number of hydrogen-bond donors (Lipinski definition) is 1. The van der Waals surface area contributed by atoms with Crippen LogP contribution in [0.4, 0.5) is 5.69 Å². The van der Waals surface area contributed by atoms with Crippen LogP contribution in [0.15, 0.2) is 59.7 Å². The summed E-state index contributed by atoms with van der Waals surface area (Å²) in [4.78, 5) is 27.0. The molecule has 0 saturated heterocycles. The van der Waals surface area contributed by atoms with Crippen LogP contribution in [-0.2, 0) is 13.0 Å². The Labute approximate surface area is 143 Å². The van der Waals surface area contributed by atoms with E-state index in [0.717, 1.165) is 5.56 Å². The summed E-state index contributed by atoms with van der Waals surface area (Å²) in [6.45, 7) is 0.0945. The molecule has 0 saturated carbocycles. The Kier molecular flexibility index (Phi) is 4.85. The molecule has 3 rings (SSSR count). The second-order valence-corrected chi connectivity index (χ2v) is 5.84. The number of hydrogen-bond acceptors (Lipinski definition) is 5. The van der Waals surface area contributed by atoms with E-state index in [1.54, 1.807) is 0 Å². The zero-order chi connectivity index (χ0) is 17.8. The van der Waals surface area contributed by atoms with Crippen molar-refractivity contribution in [3.05, 3.63) is 80.9 Å².